The third-order valence-corrected chi connectivity index (χ3v) is 2.07. The van der Waals surface area contributed by atoms with Crippen LogP contribution in [-0.2, 0) is 6.42 Å². The third-order valence-electron chi connectivity index (χ3n) is 1.88. The molecule has 0 aromatic carbocycles. The van der Waals surface area contributed by atoms with Crippen LogP contribution in [0.25, 0.3) is 0 Å². The number of rotatable bonds is 4. The van der Waals surface area contributed by atoms with Crippen LogP contribution in [0.2, 0.25) is 5.15 Å². The van der Waals surface area contributed by atoms with E-state index in [-0.39, 0.29) is 0 Å². The maximum absolute atomic E-state index is 5.76. The van der Waals surface area contributed by atoms with E-state index in [1.807, 2.05) is 0 Å². The van der Waals surface area contributed by atoms with Gasteiger partial charge in [0.25, 0.3) is 0 Å². The molecule has 0 aliphatic carbocycles. The van der Waals surface area contributed by atoms with Crippen molar-refractivity contribution in [1.29, 1.82) is 0 Å². The van der Waals surface area contributed by atoms with E-state index in [9.17, 15) is 0 Å². The van der Waals surface area contributed by atoms with Crippen molar-refractivity contribution in [1.82, 2.24) is 15.1 Å². The summed E-state index contributed by atoms with van der Waals surface area (Å²) in [5.41, 5.74) is 6.19. The topological polar surface area (TPSA) is 89.9 Å². The number of anilines is 2. The molecule has 0 fully saturated rings. The lowest BCUT2D eigenvalue weighted by Gasteiger charge is -2.05. The Morgan fingerprint density at radius 3 is 3.00 bits per heavy atom. The summed E-state index contributed by atoms with van der Waals surface area (Å²) in [4.78, 5) is 7.96. The molecule has 0 atom stereocenters. The number of nitrogens with one attached hydrogen (secondary N) is 1. The fraction of sp³-hybridized carbons (Fsp3) is 0.222. The molecule has 84 valence electrons. The van der Waals surface area contributed by atoms with Gasteiger partial charge in [-0.3, -0.25) is 0 Å². The summed E-state index contributed by atoms with van der Waals surface area (Å²) >= 11 is 5.76. The zero-order valence-electron chi connectivity index (χ0n) is 8.35. The highest BCUT2D eigenvalue weighted by molar-refractivity contribution is 6.29. The highest BCUT2D eigenvalue weighted by Crippen LogP contribution is 2.15. The van der Waals surface area contributed by atoms with Crippen molar-refractivity contribution in [3.63, 3.8) is 0 Å². The fourth-order valence-electron chi connectivity index (χ4n) is 1.21. The molecule has 6 nitrogen and oxygen atoms in total. The monoisotopic (exact) mass is 239 g/mol. The molecule has 0 radical (unpaired) electrons. The van der Waals surface area contributed by atoms with Gasteiger partial charge < -0.3 is 15.6 Å². The van der Waals surface area contributed by atoms with E-state index in [0.29, 0.717) is 35.4 Å². The van der Waals surface area contributed by atoms with Crippen molar-refractivity contribution in [3.8, 4) is 0 Å². The molecule has 0 aliphatic rings. The molecule has 2 aromatic heterocycles. The minimum Gasteiger partial charge on any atom is -0.399 e. The van der Waals surface area contributed by atoms with E-state index in [0.717, 1.165) is 0 Å². The van der Waals surface area contributed by atoms with Crippen LogP contribution in [-0.4, -0.2) is 21.7 Å². The number of hydrogen-bond acceptors (Lipinski definition) is 6. The molecule has 0 amide bonds. The quantitative estimate of drug-likeness (QED) is 0.783. The van der Waals surface area contributed by atoms with Crippen molar-refractivity contribution >= 4 is 23.1 Å². The Bertz CT molecular complexity index is 439. The zero-order chi connectivity index (χ0) is 11.4. The Labute approximate surface area is 96.8 Å². The molecular weight excluding hydrogens is 230 g/mol. The third kappa shape index (κ3) is 2.83. The van der Waals surface area contributed by atoms with Crippen molar-refractivity contribution < 1.29 is 4.52 Å². The Kier molecular flexibility index (Phi) is 3.21. The van der Waals surface area contributed by atoms with Gasteiger partial charge >= 0.3 is 0 Å². The van der Waals surface area contributed by atoms with E-state index < -0.39 is 0 Å². The standard InChI is InChI=1S/C9H10ClN5O/c10-7-3-6(11)4-9(14-7)12-2-1-8-13-5-16-15-8/h3-5H,1-2H2,(H3,11,12,14). The molecule has 0 aliphatic heterocycles. The molecule has 16 heavy (non-hydrogen) atoms. The maximum atomic E-state index is 5.76. The maximum Gasteiger partial charge on any atom is 0.213 e. The lowest BCUT2D eigenvalue weighted by atomic mass is 10.3. The first-order valence-corrected chi connectivity index (χ1v) is 5.04. The summed E-state index contributed by atoms with van der Waals surface area (Å²) < 4.78 is 4.61. The summed E-state index contributed by atoms with van der Waals surface area (Å²) in [5.74, 6) is 1.27. The van der Waals surface area contributed by atoms with Gasteiger partial charge in [0.1, 0.15) is 11.0 Å². The van der Waals surface area contributed by atoms with Crippen LogP contribution in [0.15, 0.2) is 23.0 Å². The van der Waals surface area contributed by atoms with Gasteiger partial charge in [0.15, 0.2) is 5.82 Å². The summed E-state index contributed by atoms with van der Waals surface area (Å²) in [5, 5.41) is 7.12. The molecule has 0 bridgehead atoms. The van der Waals surface area contributed by atoms with Crippen LogP contribution in [0, 0.1) is 0 Å². The number of halogens is 1. The smallest absolute Gasteiger partial charge is 0.213 e. The molecule has 7 heteroatoms. The van der Waals surface area contributed by atoms with Gasteiger partial charge in [-0.2, -0.15) is 4.98 Å². The summed E-state index contributed by atoms with van der Waals surface area (Å²) in [6.07, 6.45) is 1.94. The van der Waals surface area contributed by atoms with Crippen molar-refractivity contribution in [3.05, 3.63) is 29.5 Å². The van der Waals surface area contributed by atoms with Crippen LogP contribution in [0.4, 0.5) is 11.5 Å². The average Bonchev–Trinajstić information content (AvgIpc) is 2.69. The summed E-state index contributed by atoms with van der Waals surface area (Å²) in [6, 6.07) is 3.30. The van der Waals surface area contributed by atoms with Crippen molar-refractivity contribution in [2.24, 2.45) is 0 Å². The van der Waals surface area contributed by atoms with Gasteiger partial charge in [-0.25, -0.2) is 4.98 Å². The van der Waals surface area contributed by atoms with Gasteiger partial charge in [-0.15, -0.1) is 0 Å². The normalized spacial score (nSPS) is 10.3. The number of pyridine rings is 1. The van der Waals surface area contributed by atoms with Crippen LogP contribution in [0.5, 0.6) is 0 Å². The highest BCUT2D eigenvalue weighted by Gasteiger charge is 2.00. The van der Waals surface area contributed by atoms with Crippen LogP contribution in [0.1, 0.15) is 5.82 Å². The van der Waals surface area contributed by atoms with Crippen LogP contribution in [0.3, 0.4) is 0 Å². The Hall–Kier alpha value is -1.82. The lowest BCUT2D eigenvalue weighted by Crippen LogP contribution is -2.07. The average molecular weight is 240 g/mol. The molecule has 0 saturated heterocycles. The SMILES string of the molecule is Nc1cc(Cl)nc(NCCc2ncon2)c1. The van der Waals surface area contributed by atoms with Crippen molar-refractivity contribution in [2.75, 3.05) is 17.6 Å². The summed E-state index contributed by atoms with van der Waals surface area (Å²) in [6.45, 7) is 0.631. The minimum atomic E-state index is 0.363. The Morgan fingerprint density at radius 2 is 2.31 bits per heavy atom. The predicted molar refractivity (Wildman–Crippen MR) is 60.2 cm³/mol. The van der Waals surface area contributed by atoms with E-state index in [4.69, 9.17) is 17.3 Å². The van der Waals surface area contributed by atoms with Gasteiger partial charge in [0, 0.05) is 24.7 Å². The molecule has 0 saturated carbocycles. The second-order valence-corrected chi connectivity index (χ2v) is 3.52. The van der Waals surface area contributed by atoms with Gasteiger partial charge in [-0.05, 0) is 6.07 Å². The largest absolute Gasteiger partial charge is 0.399 e. The first-order chi connectivity index (χ1) is 7.74. The van der Waals surface area contributed by atoms with Crippen molar-refractivity contribution in [2.45, 2.75) is 6.42 Å². The molecule has 0 unspecified atom stereocenters. The number of nitrogen functional groups attached to an aromatic ring is 1. The first kappa shape index (κ1) is 10.7. The van der Waals surface area contributed by atoms with Gasteiger partial charge in [-0.1, -0.05) is 16.8 Å². The number of nitrogens with zero attached hydrogens (tertiary/aromatic N) is 3. The molecular formula is C9H10ClN5O. The first-order valence-electron chi connectivity index (χ1n) is 4.66. The predicted octanol–water partition coefficient (Wildman–Crippen LogP) is 1.35. The second kappa shape index (κ2) is 4.80. The number of hydrogen-bond donors (Lipinski definition) is 2. The van der Waals surface area contributed by atoms with E-state index in [1.165, 1.54) is 6.39 Å². The van der Waals surface area contributed by atoms with Gasteiger partial charge in [0.2, 0.25) is 6.39 Å². The molecule has 0 spiro atoms. The number of nitrogens with two attached hydrogens (primary N) is 1. The minimum absolute atomic E-state index is 0.363. The van der Waals surface area contributed by atoms with Crippen LogP contribution >= 0.6 is 11.6 Å². The Balaban J connectivity index is 1.89. The lowest BCUT2D eigenvalue weighted by molar-refractivity contribution is 0.410. The van der Waals surface area contributed by atoms with Gasteiger partial charge in [0.05, 0.1) is 0 Å². The Morgan fingerprint density at radius 1 is 1.44 bits per heavy atom. The molecule has 3 N–H and O–H groups in total. The second-order valence-electron chi connectivity index (χ2n) is 3.13. The van der Waals surface area contributed by atoms with Crippen LogP contribution < -0.4 is 11.1 Å². The van der Waals surface area contributed by atoms with E-state index >= 15 is 0 Å². The fourth-order valence-corrected chi connectivity index (χ4v) is 1.43. The molecule has 2 rings (SSSR count). The molecule has 2 aromatic rings. The number of aromatic nitrogens is 3. The zero-order valence-corrected chi connectivity index (χ0v) is 9.11. The van der Waals surface area contributed by atoms with E-state index in [1.54, 1.807) is 12.1 Å². The summed E-state index contributed by atoms with van der Waals surface area (Å²) in [7, 11) is 0. The molecule has 2 heterocycles. The highest BCUT2D eigenvalue weighted by atomic mass is 35.5. The van der Waals surface area contributed by atoms with E-state index in [2.05, 4.69) is 25.0 Å².